The van der Waals surface area contributed by atoms with Crippen molar-refractivity contribution in [1.82, 2.24) is 0 Å². The first-order chi connectivity index (χ1) is 38.0. The monoisotopic (exact) mass is 1120 g/mol. The van der Waals surface area contributed by atoms with E-state index in [1.54, 1.807) is 0 Å². The number of rotatable bonds is 62. The quantitative estimate of drug-likeness (QED) is 0.0211. The van der Waals surface area contributed by atoms with Gasteiger partial charge in [-0.2, -0.15) is 0 Å². The molecule has 0 aromatic heterocycles. The van der Waals surface area contributed by atoms with Gasteiger partial charge >= 0.3 is 19.8 Å². The van der Waals surface area contributed by atoms with Crippen molar-refractivity contribution in [3.8, 4) is 0 Å². The molecular weight excluding hydrogens is 990 g/mol. The van der Waals surface area contributed by atoms with Gasteiger partial charge in [-0.25, -0.2) is 4.57 Å². The summed E-state index contributed by atoms with van der Waals surface area (Å²) < 4.78 is 34.6. The fraction of sp³-hybridized carbons (Fsp3) is 0.853. The van der Waals surface area contributed by atoms with Gasteiger partial charge in [-0.1, -0.05) is 281 Å². The second-order valence-electron chi connectivity index (χ2n) is 23.9. The Morgan fingerprint density at radius 2 is 0.692 bits per heavy atom. The number of quaternary nitrogens is 1. The van der Waals surface area contributed by atoms with Gasteiger partial charge in [0.15, 0.2) is 6.10 Å². The Bertz CT molecular complexity index is 1460. The maximum atomic E-state index is 12.8. The van der Waals surface area contributed by atoms with Gasteiger partial charge in [0, 0.05) is 12.8 Å². The van der Waals surface area contributed by atoms with Crippen LogP contribution in [0.15, 0.2) is 48.6 Å². The summed E-state index contributed by atoms with van der Waals surface area (Å²) in [6.45, 7) is 4.45. The Kier molecular flexibility index (Phi) is 58.0. The highest BCUT2D eigenvalue weighted by atomic mass is 31.2. The van der Waals surface area contributed by atoms with Gasteiger partial charge in [-0.15, -0.1) is 0 Å². The van der Waals surface area contributed by atoms with Crippen LogP contribution >= 0.6 is 7.82 Å². The fourth-order valence-corrected chi connectivity index (χ4v) is 10.4. The van der Waals surface area contributed by atoms with Crippen LogP contribution in [0, 0.1) is 0 Å². The van der Waals surface area contributed by atoms with Gasteiger partial charge in [0.05, 0.1) is 27.7 Å². The van der Waals surface area contributed by atoms with Gasteiger partial charge < -0.3 is 18.9 Å². The second-order valence-corrected chi connectivity index (χ2v) is 25.3. The van der Waals surface area contributed by atoms with Crippen LogP contribution in [0.3, 0.4) is 0 Å². The molecule has 10 heteroatoms. The molecule has 0 rings (SSSR count). The molecule has 2 atom stereocenters. The van der Waals surface area contributed by atoms with E-state index in [4.69, 9.17) is 18.5 Å². The minimum Gasteiger partial charge on any atom is -0.462 e. The lowest BCUT2D eigenvalue weighted by Gasteiger charge is -2.24. The molecule has 0 saturated carbocycles. The normalized spacial score (nSPS) is 13.5. The number of carbonyl (C=O) groups excluding carboxylic acids is 2. The highest BCUT2D eigenvalue weighted by molar-refractivity contribution is 7.47. The average molecular weight is 1120 g/mol. The van der Waals surface area contributed by atoms with Crippen LogP contribution in [-0.4, -0.2) is 74.9 Å². The number of phosphoric ester groups is 1. The molecule has 2 unspecified atom stereocenters. The topological polar surface area (TPSA) is 108 Å². The zero-order valence-electron chi connectivity index (χ0n) is 52.2. The van der Waals surface area contributed by atoms with Crippen LogP contribution in [-0.2, 0) is 32.7 Å². The molecule has 0 amide bonds. The zero-order valence-corrected chi connectivity index (χ0v) is 53.1. The minimum atomic E-state index is -4.39. The summed E-state index contributed by atoms with van der Waals surface area (Å²) in [5.74, 6) is -0.799. The molecule has 0 radical (unpaired) electrons. The van der Waals surface area contributed by atoms with E-state index in [0.717, 1.165) is 70.6 Å². The zero-order chi connectivity index (χ0) is 57.0. The number of esters is 2. The van der Waals surface area contributed by atoms with Crippen LogP contribution < -0.4 is 0 Å². The number of phosphoric acid groups is 1. The third-order valence-electron chi connectivity index (χ3n) is 14.8. The highest BCUT2D eigenvalue weighted by Gasteiger charge is 2.27. The predicted octanol–water partition coefficient (Wildman–Crippen LogP) is 21.3. The van der Waals surface area contributed by atoms with Crippen molar-refractivity contribution in [2.45, 2.75) is 328 Å². The lowest BCUT2D eigenvalue weighted by Crippen LogP contribution is -2.37. The van der Waals surface area contributed by atoms with Gasteiger partial charge in [0.1, 0.15) is 19.8 Å². The van der Waals surface area contributed by atoms with E-state index in [0.29, 0.717) is 17.4 Å². The molecule has 0 aromatic carbocycles. The van der Waals surface area contributed by atoms with E-state index in [2.05, 4.69) is 62.5 Å². The minimum absolute atomic E-state index is 0.0293. The first-order valence-corrected chi connectivity index (χ1v) is 34.9. The SMILES string of the molecule is CCCCCCC/C=C\C/C=C\C/C=C\CCCCCCCCC(=O)OC(COC(=O)CCCCCCCCCCCCCCCCCCCCCCC/C=C\CCCCCCCCCC)COP(=O)(O)OCC[N+](C)(C)C. The van der Waals surface area contributed by atoms with Crippen LogP contribution in [0.4, 0.5) is 0 Å². The van der Waals surface area contributed by atoms with E-state index in [-0.39, 0.29) is 32.0 Å². The summed E-state index contributed by atoms with van der Waals surface area (Å²) >= 11 is 0. The number of hydrogen-bond acceptors (Lipinski definition) is 7. The number of carbonyl (C=O) groups is 2. The molecule has 0 spiro atoms. The molecule has 0 aromatic rings. The number of allylic oxidation sites excluding steroid dienone is 8. The third-order valence-corrected chi connectivity index (χ3v) is 15.8. The average Bonchev–Trinajstić information content (AvgIpc) is 3.41. The Labute approximate surface area is 484 Å². The van der Waals surface area contributed by atoms with E-state index in [1.807, 2.05) is 21.1 Å². The van der Waals surface area contributed by atoms with E-state index < -0.39 is 26.5 Å². The number of nitrogens with zero attached hydrogens (tertiary/aromatic N) is 1. The van der Waals surface area contributed by atoms with Crippen LogP contribution in [0.5, 0.6) is 0 Å². The third kappa shape index (κ3) is 63.2. The van der Waals surface area contributed by atoms with Crippen molar-refractivity contribution in [2.75, 3.05) is 47.5 Å². The van der Waals surface area contributed by atoms with Crippen LogP contribution in [0.1, 0.15) is 322 Å². The van der Waals surface area contributed by atoms with Crippen LogP contribution in [0.2, 0.25) is 0 Å². The lowest BCUT2D eigenvalue weighted by molar-refractivity contribution is -0.870. The summed E-state index contributed by atoms with van der Waals surface area (Å²) in [6.07, 6.45) is 76.4. The molecule has 0 aliphatic rings. The maximum absolute atomic E-state index is 12.8. The fourth-order valence-electron chi connectivity index (χ4n) is 9.67. The first-order valence-electron chi connectivity index (χ1n) is 33.4. The van der Waals surface area contributed by atoms with Crippen molar-refractivity contribution in [1.29, 1.82) is 0 Å². The Balaban J connectivity index is 4.02. The molecule has 0 saturated heterocycles. The number of likely N-dealkylation sites (N-methyl/N-ethyl adjacent to an activating group) is 1. The molecule has 9 nitrogen and oxygen atoms in total. The molecule has 0 bridgehead atoms. The maximum Gasteiger partial charge on any atom is 0.472 e. The van der Waals surface area contributed by atoms with Crippen molar-refractivity contribution < 1.29 is 42.1 Å². The second kappa shape index (κ2) is 59.6. The lowest BCUT2D eigenvalue weighted by atomic mass is 10.0. The number of hydrogen-bond donors (Lipinski definition) is 1. The smallest absolute Gasteiger partial charge is 0.462 e. The van der Waals surface area contributed by atoms with E-state index in [1.165, 1.54) is 218 Å². The Morgan fingerprint density at radius 1 is 0.397 bits per heavy atom. The standard InChI is InChI=1S/C68H128NO8P/c1-6-8-10-12-14-16-18-20-22-24-26-28-29-30-31-32-33-34-35-36-37-38-39-41-42-44-46-48-50-52-54-56-58-60-67(70)74-64-66(65-76-78(72,73)75-63-62-69(3,4)5)77-68(71)61-59-57-55-53-51-49-47-45-43-40-27-25-23-21-19-17-15-13-11-9-7-2/h19,21,24-27,43,45,66H,6-18,20,22-23,28-42,44,46-65H2,1-5H3/p+1/b21-19-,26-24-,27-25-,45-43-. The van der Waals surface area contributed by atoms with Gasteiger partial charge in [-0.05, 0) is 77.0 Å². The van der Waals surface area contributed by atoms with Gasteiger partial charge in [0.25, 0.3) is 0 Å². The molecule has 0 aliphatic heterocycles. The highest BCUT2D eigenvalue weighted by Crippen LogP contribution is 2.43. The molecule has 1 N–H and O–H groups in total. The largest absolute Gasteiger partial charge is 0.472 e. The Morgan fingerprint density at radius 3 is 1.04 bits per heavy atom. The van der Waals surface area contributed by atoms with Gasteiger partial charge in [-0.3, -0.25) is 18.6 Å². The number of ether oxygens (including phenoxy) is 2. The predicted molar refractivity (Wildman–Crippen MR) is 335 cm³/mol. The van der Waals surface area contributed by atoms with E-state index >= 15 is 0 Å². The van der Waals surface area contributed by atoms with E-state index in [9.17, 15) is 19.0 Å². The molecular formula is C68H129NO8P+. The van der Waals surface area contributed by atoms with Crippen molar-refractivity contribution in [3.05, 3.63) is 48.6 Å². The summed E-state index contributed by atoms with van der Waals surface area (Å²) in [6, 6.07) is 0. The van der Waals surface area contributed by atoms with Gasteiger partial charge in [0.2, 0.25) is 0 Å². The first kappa shape index (κ1) is 76.0. The summed E-state index contributed by atoms with van der Waals surface area (Å²) in [5, 5.41) is 0. The molecule has 0 fully saturated rings. The molecule has 0 heterocycles. The summed E-state index contributed by atoms with van der Waals surface area (Å²) in [5.41, 5.74) is 0. The number of unbranched alkanes of at least 4 members (excludes halogenated alkanes) is 40. The van der Waals surface area contributed by atoms with Crippen molar-refractivity contribution in [2.24, 2.45) is 0 Å². The molecule has 458 valence electrons. The Hall–Kier alpha value is -2.03. The summed E-state index contributed by atoms with van der Waals surface area (Å²) in [4.78, 5) is 35.8. The molecule has 0 aliphatic carbocycles. The molecule has 78 heavy (non-hydrogen) atoms. The van der Waals surface area contributed by atoms with Crippen molar-refractivity contribution >= 4 is 19.8 Å². The summed E-state index contributed by atoms with van der Waals surface area (Å²) in [7, 11) is 1.48. The van der Waals surface area contributed by atoms with Crippen molar-refractivity contribution in [3.63, 3.8) is 0 Å². The van der Waals surface area contributed by atoms with Crippen LogP contribution in [0.25, 0.3) is 0 Å².